The summed E-state index contributed by atoms with van der Waals surface area (Å²) in [5.41, 5.74) is 0. The van der Waals surface area contributed by atoms with E-state index in [-0.39, 0.29) is 96.4 Å². The minimum absolute atomic E-state index is 0. The van der Waals surface area contributed by atoms with Crippen LogP contribution in [0.5, 0.6) is 0 Å². The van der Waals surface area contributed by atoms with Gasteiger partial charge in [-0.15, -0.1) is 0 Å². The summed E-state index contributed by atoms with van der Waals surface area (Å²) in [5, 5.41) is 0. The van der Waals surface area contributed by atoms with E-state index in [1.54, 1.807) is 0 Å². The Balaban J connectivity index is 0. The van der Waals surface area contributed by atoms with Crippen LogP contribution in [0.1, 0.15) is 0 Å². The van der Waals surface area contributed by atoms with E-state index in [4.69, 9.17) is 0 Å². The zero-order valence-electron chi connectivity index (χ0n) is 1.84. The second-order valence-corrected chi connectivity index (χ2v) is 0. The van der Waals surface area contributed by atoms with E-state index in [1.807, 2.05) is 0 Å². The summed E-state index contributed by atoms with van der Waals surface area (Å²) in [5.74, 6) is 0. The molecule has 0 bridgehead atoms. The Morgan fingerprint density at radius 3 is 0.500 bits per heavy atom. The minimum atomic E-state index is 0. The normalized spacial score (nSPS) is 0. The molecule has 0 heterocycles. The summed E-state index contributed by atoms with van der Waals surface area (Å²) < 4.78 is 0. The van der Waals surface area contributed by atoms with Gasteiger partial charge < -0.3 is 71.9 Å². The predicted molar refractivity (Wildman–Crippen MR) is 9.94 cm³/mol. The molecule has 4 heavy (non-hydrogen) atoms. The molecule has 0 aromatic carbocycles. The monoisotopic (exact) mass is 505 g/mol. The molecule has 0 atom stereocenters. The van der Waals surface area contributed by atoms with Crippen LogP contribution in [-0.2, 0) is 0 Å². The Morgan fingerprint density at radius 2 is 0.500 bits per heavy atom. The van der Waals surface area contributed by atoms with Crippen LogP contribution < -0.4 is 71.9 Å². The Kier molecular flexibility index (Phi) is 116. The fraction of sp³-hybridized carbons (Fsp3) is 0. The Bertz CT molecular complexity index is 3.25. The molecule has 0 saturated carbocycles. The fourth-order valence-corrected chi connectivity index (χ4v) is 0. The quantitative estimate of drug-likeness (QED) is 0.227. The molecule has 29 valence electrons. The second kappa shape index (κ2) is 16.7. The van der Waals surface area contributed by atoms with Gasteiger partial charge in [0.15, 0.2) is 0 Å². The average Bonchev–Trinajstić information content (AvgIpc) is 0. The zero-order chi connectivity index (χ0) is 0. The molecule has 0 aromatic heterocycles. The second-order valence-electron chi connectivity index (χ2n) is 0. The van der Waals surface area contributed by atoms with Gasteiger partial charge in [-0.05, 0) is 0 Å². The molecule has 0 fully saturated rings. The van der Waals surface area contributed by atoms with Crippen molar-refractivity contribution < 1.29 is 71.9 Å². The van der Waals surface area contributed by atoms with E-state index < -0.39 is 0 Å². The van der Waals surface area contributed by atoms with Crippen molar-refractivity contribution in [2.45, 2.75) is 0 Å². The first-order chi connectivity index (χ1) is 0. The van der Waals surface area contributed by atoms with Gasteiger partial charge in [-0.2, -0.15) is 0 Å². The van der Waals surface area contributed by atoms with Crippen molar-refractivity contribution in [1.29, 1.82) is 0 Å². The van der Waals surface area contributed by atoms with Crippen LogP contribution in [0, 0.1) is 0 Å². The fourth-order valence-electron chi connectivity index (χ4n) is 0. The molecular weight excluding hydrogens is 502 g/mol. The first-order valence-corrected chi connectivity index (χ1v) is 0. The molecule has 3 radical (unpaired) electrons. The van der Waals surface area contributed by atoms with Crippen molar-refractivity contribution in [1.82, 2.24) is 0 Å². The van der Waals surface area contributed by atoms with Crippen molar-refractivity contribution >= 4 is 24.4 Å². The van der Waals surface area contributed by atoms with Crippen LogP contribution in [0.3, 0.4) is 0 Å². The molecule has 0 unspecified atom stereocenters. The van der Waals surface area contributed by atoms with Gasteiger partial charge in [0.25, 0.3) is 0 Å². The van der Waals surface area contributed by atoms with Crippen LogP contribution in [0.4, 0.5) is 0 Å². The summed E-state index contributed by atoms with van der Waals surface area (Å²) in [6.07, 6.45) is 0. The van der Waals surface area contributed by atoms with Crippen molar-refractivity contribution in [3.8, 4) is 0 Å². The first-order valence-electron chi connectivity index (χ1n) is 0. The van der Waals surface area contributed by atoms with E-state index in [2.05, 4.69) is 0 Å². The van der Waals surface area contributed by atoms with Gasteiger partial charge in [0.2, 0.25) is 0 Å². The van der Waals surface area contributed by atoms with Crippen LogP contribution >= 0.6 is 0 Å². The van der Waals surface area contributed by atoms with E-state index in [0.29, 0.717) is 0 Å². The van der Waals surface area contributed by atoms with Crippen LogP contribution in [-0.4, -0.2) is 24.4 Å². The predicted octanol–water partition coefficient (Wildman–Crippen LogP) is -10.2. The van der Waals surface area contributed by atoms with Crippen molar-refractivity contribution in [2.75, 3.05) is 0 Å². The standard InChI is InChI=1S/3HI.Sb.3H/h3*1H;;;;/q;;;+3;;;/p-3. The molecule has 0 spiro atoms. The van der Waals surface area contributed by atoms with Crippen molar-refractivity contribution in [2.24, 2.45) is 0 Å². The van der Waals surface area contributed by atoms with Gasteiger partial charge in [-0.25, -0.2) is 0 Å². The third-order valence-corrected chi connectivity index (χ3v) is 0. The van der Waals surface area contributed by atoms with E-state index in [1.165, 1.54) is 0 Å². The topological polar surface area (TPSA) is 0 Å². The van der Waals surface area contributed by atoms with E-state index >= 15 is 0 Å². The van der Waals surface area contributed by atoms with Gasteiger partial charge in [-0.1, -0.05) is 0 Å². The van der Waals surface area contributed by atoms with Crippen molar-refractivity contribution in [3.05, 3.63) is 0 Å². The summed E-state index contributed by atoms with van der Waals surface area (Å²) in [4.78, 5) is 0. The Morgan fingerprint density at radius 1 is 0.500 bits per heavy atom. The SMILES string of the molecule is [I-].[I-].[I-].[SbH3+3]. The van der Waals surface area contributed by atoms with Gasteiger partial charge in [-0.3, -0.25) is 0 Å². The number of rotatable bonds is 0. The summed E-state index contributed by atoms with van der Waals surface area (Å²) >= 11 is 0. The van der Waals surface area contributed by atoms with Gasteiger partial charge in [0, 0.05) is 0 Å². The summed E-state index contributed by atoms with van der Waals surface area (Å²) in [6, 6.07) is 0. The van der Waals surface area contributed by atoms with Gasteiger partial charge in [0.05, 0.1) is 0 Å². The zero-order valence-corrected chi connectivity index (χ0v) is 12.3. The molecule has 0 aliphatic rings. The van der Waals surface area contributed by atoms with E-state index in [9.17, 15) is 0 Å². The Hall–Kier alpha value is 3.01. The summed E-state index contributed by atoms with van der Waals surface area (Å²) in [6.45, 7) is 0. The van der Waals surface area contributed by atoms with Crippen LogP contribution in [0.2, 0.25) is 0 Å². The number of halogens is 3. The molecule has 0 aromatic rings. The Labute approximate surface area is 94.4 Å². The maximum atomic E-state index is 0. The molecule has 0 saturated heterocycles. The molecular formula is H3I3Sb. The third-order valence-electron chi connectivity index (χ3n) is 0. The molecule has 0 aliphatic carbocycles. The van der Waals surface area contributed by atoms with Gasteiger partial charge >= 0.3 is 24.4 Å². The number of hydrogen-bond donors (Lipinski definition) is 0. The molecule has 0 N–H and O–H groups in total. The molecule has 0 rings (SSSR count). The molecule has 4 heteroatoms. The third kappa shape index (κ3) is 8.89. The van der Waals surface area contributed by atoms with Gasteiger partial charge in [0.1, 0.15) is 0 Å². The average molecular weight is 505 g/mol. The first kappa shape index (κ1) is 28.0. The van der Waals surface area contributed by atoms with Crippen LogP contribution in [0.15, 0.2) is 0 Å². The molecule has 0 nitrogen and oxygen atoms in total. The summed E-state index contributed by atoms with van der Waals surface area (Å²) in [7, 11) is 0. The molecule has 0 amide bonds. The maximum absolute atomic E-state index is 0. The molecule has 0 aliphatic heterocycles. The van der Waals surface area contributed by atoms with E-state index in [0.717, 1.165) is 0 Å². The van der Waals surface area contributed by atoms with Crippen LogP contribution in [0.25, 0.3) is 0 Å². The number of hydrogen-bond acceptors (Lipinski definition) is 0. The van der Waals surface area contributed by atoms with Crippen molar-refractivity contribution in [3.63, 3.8) is 0 Å².